The fourth-order valence-electron chi connectivity index (χ4n) is 3.17. The molecule has 0 saturated carbocycles. The molecule has 2 N–H and O–H groups in total. The number of rotatable bonds is 3. The Kier molecular flexibility index (Phi) is 4.09. The van der Waals surface area contributed by atoms with E-state index >= 15 is 0 Å². The van der Waals surface area contributed by atoms with Gasteiger partial charge in [-0.05, 0) is 43.0 Å². The van der Waals surface area contributed by atoms with Crippen molar-refractivity contribution in [1.82, 2.24) is 5.32 Å². The fourth-order valence-corrected chi connectivity index (χ4v) is 3.17. The second kappa shape index (κ2) is 6.00. The zero-order chi connectivity index (χ0) is 14.7. The van der Waals surface area contributed by atoms with Gasteiger partial charge in [0.05, 0.1) is 6.10 Å². The van der Waals surface area contributed by atoms with Crippen molar-refractivity contribution in [2.24, 2.45) is 0 Å². The standard InChI is InChI=1S/C19H23NO/c1-19(13-5-6-14-20-19)18(21)17-11-9-16(10-12-17)15-7-3-2-4-8-15/h2-4,7-12,18,20-21H,5-6,13-14H2,1H3/t18-,19-/m0/s1. The zero-order valence-corrected chi connectivity index (χ0v) is 12.5. The molecule has 0 amide bonds. The molecule has 0 spiro atoms. The van der Waals surface area contributed by atoms with Crippen LogP contribution >= 0.6 is 0 Å². The minimum absolute atomic E-state index is 0.202. The third-order valence-corrected chi connectivity index (χ3v) is 4.59. The summed E-state index contributed by atoms with van der Waals surface area (Å²) in [6.07, 6.45) is 2.95. The van der Waals surface area contributed by atoms with Crippen LogP contribution in [0.1, 0.15) is 37.9 Å². The maximum Gasteiger partial charge on any atom is 0.0968 e. The first-order valence-corrected chi connectivity index (χ1v) is 7.77. The summed E-state index contributed by atoms with van der Waals surface area (Å²) in [6.45, 7) is 3.12. The largest absolute Gasteiger partial charge is 0.386 e. The Morgan fingerprint density at radius 3 is 2.24 bits per heavy atom. The van der Waals surface area contributed by atoms with Crippen molar-refractivity contribution < 1.29 is 5.11 Å². The Morgan fingerprint density at radius 2 is 1.62 bits per heavy atom. The molecule has 0 aliphatic carbocycles. The maximum atomic E-state index is 10.7. The van der Waals surface area contributed by atoms with Crippen molar-refractivity contribution in [2.45, 2.75) is 37.8 Å². The van der Waals surface area contributed by atoms with Crippen LogP contribution in [0.2, 0.25) is 0 Å². The van der Waals surface area contributed by atoms with Gasteiger partial charge in [-0.15, -0.1) is 0 Å². The summed E-state index contributed by atoms with van der Waals surface area (Å²) in [5, 5.41) is 14.2. The number of piperidine rings is 1. The number of hydrogen-bond acceptors (Lipinski definition) is 2. The van der Waals surface area contributed by atoms with E-state index < -0.39 is 6.10 Å². The molecule has 1 aliphatic heterocycles. The molecule has 1 heterocycles. The Hall–Kier alpha value is -1.64. The van der Waals surface area contributed by atoms with Gasteiger partial charge in [-0.25, -0.2) is 0 Å². The van der Waals surface area contributed by atoms with E-state index in [4.69, 9.17) is 0 Å². The summed E-state index contributed by atoms with van der Waals surface area (Å²) >= 11 is 0. The molecule has 0 bridgehead atoms. The molecule has 1 saturated heterocycles. The molecule has 110 valence electrons. The van der Waals surface area contributed by atoms with Gasteiger partial charge in [0.15, 0.2) is 0 Å². The number of nitrogens with one attached hydrogen (secondary N) is 1. The molecule has 2 heteroatoms. The van der Waals surface area contributed by atoms with Gasteiger partial charge in [0.2, 0.25) is 0 Å². The van der Waals surface area contributed by atoms with Gasteiger partial charge in [0.25, 0.3) is 0 Å². The molecule has 2 aromatic rings. The number of hydrogen-bond donors (Lipinski definition) is 2. The lowest BCUT2D eigenvalue weighted by atomic mass is 9.82. The van der Waals surface area contributed by atoms with Crippen molar-refractivity contribution in [3.05, 3.63) is 60.2 Å². The summed E-state index contributed by atoms with van der Waals surface area (Å²) in [6, 6.07) is 18.6. The Balaban J connectivity index is 1.80. The van der Waals surface area contributed by atoms with Crippen LogP contribution in [0.3, 0.4) is 0 Å². The predicted molar refractivity (Wildman–Crippen MR) is 87.1 cm³/mol. The van der Waals surface area contributed by atoms with Crippen LogP contribution in [0.4, 0.5) is 0 Å². The second-order valence-electron chi connectivity index (χ2n) is 6.19. The Morgan fingerprint density at radius 1 is 0.952 bits per heavy atom. The summed E-state index contributed by atoms with van der Waals surface area (Å²) < 4.78 is 0. The van der Waals surface area contributed by atoms with E-state index in [0.717, 1.165) is 18.5 Å². The minimum atomic E-state index is -0.456. The van der Waals surface area contributed by atoms with Gasteiger partial charge >= 0.3 is 0 Å². The van der Waals surface area contributed by atoms with Crippen molar-refractivity contribution in [1.29, 1.82) is 0 Å². The number of benzene rings is 2. The molecule has 1 aliphatic rings. The van der Waals surface area contributed by atoms with Gasteiger partial charge < -0.3 is 10.4 Å². The lowest BCUT2D eigenvalue weighted by Gasteiger charge is -2.39. The predicted octanol–water partition coefficient (Wildman–Crippen LogP) is 3.92. The normalized spacial score (nSPS) is 23.7. The highest BCUT2D eigenvalue weighted by atomic mass is 16.3. The van der Waals surface area contributed by atoms with E-state index in [2.05, 4.69) is 48.6 Å². The monoisotopic (exact) mass is 281 g/mol. The fraction of sp³-hybridized carbons (Fsp3) is 0.368. The first kappa shape index (κ1) is 14.3. The smallest absolute Gasteiger partial charge is 0.0968 e. The molecular weight excluding hydrogens is 258 g/mol. The first-order chi connectivity index (χ1) is 10.2. The van der Waals surface area contributed by atoms with Crippen LogP contribution in [0, 0.1) is 0 Å². The Labute approximate surface area is 126 Å². The molecular formula is C19H23NO. The molecule has 21 heavy (non-hydrogen) atoms. The second-order valence-corrected chi connectivity index (χ2v) is 6.19. The highest BCUT2D eigenvalue weighted by Crippen LogP contribution is 2.33. The highest BCUT2D eigenvalue weighted by molar-refractivity contribution is 5.63. The van der Waals surface area contributed by atoms with Gasteiger partial charge in [-0.1, -0.05) is 61.0 Å². The zero-order valence-electron chi connectivity index (χ0n) is 12.5. The lowest BCUT2D eigenvalue weighted by Crippen LogP contribution is -2.50. The van der Waals surface area contributed by atoms with Gasteiger partial charge in [0, 0.05) is 5.54 Å². The summed E-state index contributed by atoms with van der Waals surface area (Å²) in [5.74, 6) is 0. The molecule has 3 rings (SSSR count). The molecule has 2 nitrogen and oxygen atoms in total. The topological polar surface area (TPSA) is 32.3 Å². The van der Waals surface area contributed by atoms with Crippen LogP contribution in [0.25, 0.3) is 11.1 Å². The van der Waals surface area contributed by atoms with E-state index in [1.807, 2.05) is 18.2 Å². The Bertz CT molecular complexity index is 570. The van der Waals surface area contributed by atoms with E-state index in [9.17, 15) is 5.11 Å². The van der Waals surface area contributed by atoms with Crippen LogP contribution in [0.15, 0.2) is 54.6 Å². The van der Waals surface area contributed by atoms with E-state index in [1.54, 1.807) is 0 Å². The number of aliphatic hydroxyl groups is 1. The summed E-state index contributed by atoms with van der Waals surface area (Å²) in [4.78, 5) is 0. The van der Waals surface area contributed by atoms with E-state index in [0.29, 0.717) is 0 Å². The third kappa shape index (κ3) is 3.02. The first-order valence-electron chi connectivity index (χ1n) is 7.77. The van der Waals surface area contributed by atoms with Crippen LogP contribution in [-0.2, 0) is 0 Å². The van der Waals surface area contributed by atoms with Gasteiger partial charge in [-0.2, -0.15) is 0 Å². The molecule has 2 aromatic carbocycles. The van der Waals surface area contributed by atoms with Crippen LogP contribution < -0.4 is 5.32 Å². The van der Waals surface area contributed by atoms with Crippen LogP contribution in [-0.4, -0.2) is 17.2 Å². The lowest BCUT2D eigenvalue weighted by molar-refractivity contribution is 0.0515. The average Bonchev–Trinajstić information content (AvgIpc) is 2.56. The minimum Gasteiger partial charge on any atom is -0.386 e. The highest BCUT2D eigenvalue weighted by Gasteiger charge is 2.34. The number of aliphatic hydroxyl groups excluding tert-OH is 1. The molecule has 0 unspecified atom stereocenters. The summed E-state index contributed by atoms with van der Waals surface area (Å²) in [7, 11) is 0. The van der Waals surface area contributed by atoms with Crippen molar-refractivity contribution in [2.75, 3.05) is 6.54 Å². The maximum absolute atomic E-state index is 10.7. The van der Waals surface area contributed by atoms with Crippen molar-refractivity contribution in [3.63, 3.8) is 0 Å². The van der Waals surface area contributed by atoms with Crippen molar-refractivity contribution >= 4 is 0 Å². The molecule has 1 fully saturated rings. The SMILES string of the molecule is C[C@@]1([C@@H](O)c2ccc(-c3ccccc3)cc2)CCCCN1. The van der Waals surface area contributed by atoms with E-state index in [1.165, 1.54) is 24.0 Å². The average molecular weight is 281 g/mol. The quantitative estimate of drug-likeness (QED) is 0.893. The molecule has 0 aromatic heterocycles. The van der Waals surface area contributed by atoms with Crippen LogP contribution in [0.5, 0.6) is 0 Å². The third-order valence-electron chi connectivity index (χ3n) is 4.59. The van der Waals surface area contributed by atoms with Gasteiger partial charge in [0.1, 0.15) is 0 Å². The van der Waals surface area contributed by atoms with E-state index in [-0.39, 0.29) is 5.54 Å². The molecule has 0 radical (unpaired) electrons. The van der Waals surface area contributed by atoms with Crippen molar-refractivity contribution in [3.8, 4) is 11.1 Å². The molecule has 2 atom stereocenters. The summed E-state index contributed by atoms with van der Waals surface area (Å²) in [5.41, 5.74) is 3.19. The van der Waals surface area contributed by atoms with Gasteiger partial charge in [-0.3, -0.25) is 0 Å².